The zero-order chi connectivity index (χ0) is 13.7. The van der Waals surface area contributed by atoms with Crippen molar-refractivity contribution in [3.63, 3.8) is 0 Å². The Balaban J connectivity index is 1.78. The lowest BCUT2D eigenvalue weighted by atomic mass is 10.1. The highest BCUT2D eigenvalue weighted by atomic mass is 79.9. The molecule has 6 heteroatoms. The molecule has 3 N–H and O–H groups in total. The molecule has 1 amide bonds. The second kappa shape index (κ2) is 7.07. The molecule has 0 aliphatic carbocycles. The van der Waals surface area contributed by atoms with Crippen molar-refractivity contribution in [2.45, 2.75) is 25.4 Å². The monoisotopic (exact) mass is 329 g/mol. The van der Waals surface area contributed by atoms with Crippen molar-refractivity contribution in [2.24, 2.45) is 5.73 Å². The number of aromatic nitrogens is 1. The van der Waals surface area contributed by atoms with Gasteiger partial charge in [0.25, 0.3) is 5.91 Å². The number of aromatic amines is 1. The molecule has 1 aliphatic heterocycles. The number of carbonyl (C=O) groups excluding carboxylic acids is 1. The van der Waals surface area contributed by atoms with Crippen LogP contribution in [-0.2, 0) is 4.74 Å². The second-order valence-electron chi connectivity index (χ2n) is 4.74. The van der Waals surface area contributed by atoms with Crippen LogP contribution in [0.1, 0.15) is 29.8 Å². The molecule has 0 aromatic carbocycles. The van der Waals surface area contributed by atoms with Gasteiger partial charge in [-0.15, -0.1) is 0 Å². The van der Waals surface area contributed by atoms with E-state index in [1.165, 1.54) is 0 Å². The van der Waals surface area contributed by atoms with Gasteiger partial charge in [0.05, 0.1) is 6.10 Å². The number of hydrogen-bond donors (Lipinski definition) is 2. The number of ether oxygens (including phenoxy) is 1. The van der Waals surface area contributed by atoms with Gasteiger partial charge in [0, 0.05) is 30.4 Å². The Hall–Kier alpha value is -0.850. The summed E-state index contributed by atoms with van der Waals surface area (Å²) in [5.41, 5.74) is 6.07. The smallest absolute Gasteiger partial charge is 0.270 e. The number of likely N-dealkylation sites (tertiary alicyclic amines) is 1. The van der Waals surface area contributed by atoms with Crippen LogP contribution < -0.4 is 5.73 Å². The summed E-state index contributed by atoms with van der Waals surface area (Å²) in [6, 6.07) is 1.81. The minimum absolute atomic E-state index is 0.0612. The minimum atomic E-state index is 0.0612. The van der Waals surface area contributed by atoms with Crippen LogP contribution in [0.5, 0.6) is 0 Å². The van der Waals surface area contributed by atoms with E-state index in [0.29, 0.717) is 12.2 Å². The Morgan fingerprint density at radius 2 is 2.26 bits per heavy atom. The first-order valence-electron chi connectivity index (χ1n) is 6.65. The van der Waals surface area contributed by atoms with Gasteiger partial charge < -0.3 is 20.4 Å². The van der Waals surface area contributed by atoms with E-state index in [1.807, 2.05) is 11.0 Å². The molecule has 1 aromatic rings. The molecule has 1 saturated heterocycles. The number of rotatable bonds is 5. The zero-order valence-electron chi connectivity index (χ0n) is 10.9. The molecular weight excluding hydrogens is 310 g/mol. The molecule has 106 valence electrons. The van der Waals surface area contributed by atoms with Gasteiger partial charge >= 0.3 is 0 Å². The first kappa shape index (κ1) is 14.6. The number of nitrogens with zero attached hydrogens (tertiary/aromatic N) is 1. The number of carbonyl (C=O) groups is 1. The van der Waals surface area contributed by atoms with Gasteiger partial charge in [-0.25, -0.2) is 0 Å². The van der Waals surface area contributed by atoms with Crippen molar-refractivity contribution in [1.29, 1.82) is 0 Å². The Morgan fingerprint density at radius 1 is 1.53 bits per heavy atom. The second-order valence-corrected chi connectivity index (χ2v) is 5.65. The third kappa shape index (κ3) is 4.06. The van der Waals surface area contributed by atoms with Gasteiger partial charge in [-0.05, 0) is 47.8 Å². The van der Waals surface area contributed by atoms with Crippen molar-refractivity contribution in [1.82, 2.24) is 9.88 Å². The van der Waals surface area contributed by atoms with E-state index in [2.05, 4.69) is 20.9 Å². The van der Waals surface area contributed by atoms with E-state index in [4.69, 9.17) is 10.5 Å². The van der Waals surface area contributed by atoms with Gasteiger partial charge in [-0.1, -0.05) is 0 Å². The molecule has 0 radical (unpaired) electrons. The van der Waals surface area contributed by atoms with Crippen molar-refractivity contribution < 1.29 is 9.53 Å². The van der Waals surface area contributed by atoms with Gasteiger partial charge in [-0.2, -0.15) is 0 Å². The molecule has 5 nitrogen and oxygen atoms in total. The molecule has 0 saturated carbocycles. The van der Waals surface area contributed by atoms with E-state index < -0.39 is 0 Å². The number of hydrogen-bond acceptors (Lipinski definition) is 3. The van der Waals surface area contributed by atoms with Crippen molar-refractivity contribution in [3.05, 3.63) is 22.4 Å². The molecule has 0 atom stereocenters. The minimum Gasteiger partial charge on any atom is -0.378 e. The van der Waals surface area contributed by atoms with Crippen LogP contribution in [0, 0.1) is 0 Å². The molecule has 2 heterocycles. The summed E-state index contributed by atoms with van der Waals surface area (Å²) in [7, 11) is 0. The number of amides is 1. The standard InChI is InChI=1S/C13H20BrN3O2/c14-10-8-12(16-9-10)13(18)17-5-2-11(3-6-17)19-7-1-4-15/h8-9,11,16H,1-7,15H2. The van der Waals surface area contributed by atoms with E-state index in [9.17, 15) is 4.79 Å². The number of nitrogens with two attached hydrogens (primary N) is 1. The molecule has 19 heavy (non-hydrogen) atoms. The summed E-state index contributed by atoms with van der Waals surface area (Å²) in [6.07, 6.45) is 4.74. The van der Waals surface area contributed by atoms with Crippen LogP contribution in [0.3, 0.4) is 0 Å². The summed E-state index contributed by atoms with van der Waals surface area (Å²) in [6.45, 7) is 2.89. The summed E-state index contributed by atoms with van der Waals surface area (Å²) < 4.78 is 6.63. The SMILES string of the molecule is NCCCOC1CCN(C(=O)c2cc(Br)c[nH]2)CC1. The average Bonchev–Trinajstić information content (AvgIpc) is 2.86. The number of piperidine rings is 1. The lowest BCUT2D eigenvalue weighted by molar-refractivity contribution is 0.00831. The van der Waals surface area contributed by atoms with Crippen LogP contribution in [0.2, 0.25) is 0 Å². The molecular formula is C13H20BrN3O2. The van der Waals surface area contributed by atoms with Gasteiger partial charge in [0.2, 0.25) is 0 Å². The van der Waals surface area contributed by atoms with Gasteiger partial charge in [0.1, 0.15) is 5.69 Å². The summed E-state index contributed by atoms with van der Waals surface area (Å²) in [4.78, 5) is 17.0. The van der Waals surface area contributed by atoms with Gasteiger partial charge in [-0.3, -0.25) is 4.79 Å². The molecule has 0 unspecified atom stereocenters. The molecule has 0 spiro atoms. The Labute approximate surface area is 121 Å². The van der Waals surface area contributed by atoms with Crippen LogP contribution in [0.4, 0.5) is 0 Å². The number of nitrogens with one attached hydrogen (secondary N) is 1. The average molecular weight is 330 g/mol. The number of H-pyrrole nitrogens is 1. The summed E-state index contributed by atoms with van der Waals surface area (Å²) >= 11 is 3.34. The topological polar surface area (TPSA) is 71.3 Å². The predicted octanol–water partition coefficient (Wildman–Crippen LogP) is 1.75. The largest absolute Gasteiger partial charge is 0.378 e. The Kier molecular flexibility index (Phi) is 5.42. The summed E-state index contributed by atoms with van der Waals surface area (Å²) in [5.74, 6) is 0.0612. The highest BCUT2D eigenvalue weighted by Crippen LogP contribution is 2.18. The van der Waals surface area contributed by atoms with Crippen molar-refractivity contribution >= 4 is 21.8 Å². The zero-order valence-corrected chi connectivity index (χ0v) is 12.5. The fourth-order valence-electron chi connectivity index (χ4n) is 2.22. The summed E-state index contributed by atoms with van der Waals surface area (Å²) in [5, 5.41) is 0. The molecule has 1 aliphatic rings. The van der Waals surface area contributed by atoms with E-state index in [-0.39, 0.29) is 12.0 Å². The fraction of sp³-hybridized carbons (Fsp3) is 0.615. The predicted molar refractivity (Wildman–Crippen MR) is 77.0 cm³/mol. The normalized spacial score (nSPS) is 16.8. The quantitative estimate of drug-likeness (QED) is 0.808. The molecule has 2 rings (SSSR count). The third-order valence-electron chi connectivity index (χ3n) is 3.31. The van der Waals surface area contributed by atoms with Crippen molar-refractivity contribution in [3.8, 4) is 0 Å². The van der Waals surface area contributed by atoms with Crippen LogP contribution in [0.25, 0.3) is 0 Å². The highest BCUT2D eigenvalue weighted by molar-refractivity contribution is 9.10. The van der Waals surface area contributed by atoms with E-state index in [1.54, 1.807) is 6.20 Å². The molecule has 0 bridgehead atoms. The first-order valence-corrected chi connectivity index (χ1v) is 7.45. The van der Waals surface area contributed by atoms with Gasteiger partial charge in [0.15, 0.2) is 0 Å². The first-order chi connectivity index (χ1) is 9.20. The Bertz CT molecular complexity index is 414. The van der Waals surface area contributed by atoms with Crippen LogP contribution in [0.15, 0.2) is 16.7 Å². The van der Waals surface area contributed by atoms with E-state index >= 15 is 0 Å². The number of halogens is 1. The van der Waals surface area contributed by atoms with Crippen LogP contribution >= 0.6 is 15.9 Å². The van der Waals surface area contributed by atoms with E-state index in [0.717, 1.165) is 43.4 Å². The maximum atomic E-state index is 12.2. The highest BCUT2D eigenvalue weighted by Gasteiger charge is 2.24. The van der Waals surface area contributed by atoms with Crippen molar-refractivity contribution in [2.75, 3.05) is 26.2 Å². The molecule has 1 aromatic heterocycles. The molecule has 1 fully saturated rings. The van der Waals surface area contributed by atoms with Crippen LogP contribution in [-0.4, -0.2) is 48.1 Å². The fourth-order valence-corrected chi connectivity index (χ4v) is 2.56. The maximum Gasteiger partial charge on any atom is 0.270 e. The third-order valence-corrected chi connectivity index (χ3v) is 3.77. The maximum absolute atomic E-state index is 12.2. The lowest BCUT2D eigenvalue weighted by Crippen LogP contribution is -2.41. The lowest BCUT2D eigenvalue weighted by Gasteiger charge is -2.31. The Morgan fingerprint density at radius 3 is 2.84 bits per heavy atom.